The lowest BCUT2D eigenvalue weighted by Gasteiger charge is -2.40. The molecule has 22 heavy (non-hydrogen) atoms. The minimum atomic E-state index is -0.232. The number of hydrogen-bond donors (Lipinski definition) is 2. The number of piperidine rings is 1. The highest BCUT2D eigenvalue weighted by molar-refractivity contribution is 5.96. The number of aliphatic hydroxyl groups excluding tert-OH is 1. The molecule has 2 N–H and O–H groups in total. The van der Waals surface area contributed by atoms with Gasteiger partial charge in [-0.2, -0.15) is 0 Å². The lowest BCUT2D eigenvalue weighted by atomic mass is 9.77. The molecule has 5 heteroatoms. The number of benzene rings is 1. The Morgan fingerprint density at radius 1 is 1.23 bits per heavy atom. The first-order valence-corrected chi connectivity index (χ1v) is 7.82. The number of likely N-dealkylation sites (tertiary alicyclic amines) is 1. The molecule has 0 aromatic heterocycles. The van der Waals surface area contributed by atoms with E-state index in [9.17, 15) is 14.7 Å². The summed E-state index contributed by atoms with van der Waals surface area (Å²) in [6.07, 6.45) is 2.56. The lowest BCUT2D eigenvalue weighted by molar-refractivity contribution is -0.133. The number of carbonyl (C=O) groups excluding carboxylic acids is 2. The van der Waals surface area contributed by atoms with Crippen molar-refractivity contribution in [3.63, 3.8) is 0 Å². The first-order chi connectivity index (χ1) is 10.6. The Kier molecular flexibility index (Phi) is 5.55. The molecule has 1 aromatic carbocycles. The molecule has 1 aliphatic rings. The van der Waals surface area contributed by atoms with Gasteiger partial charge in [-0.25, -0.2) is 0 Å². The van der Waals surface area contributed by atoms with Crippen LogP contribution in [-0.4, -0.2) is 48.1 Å². The van der Waals surface area contributed by atoms with Gasteiger partial charge in [0.2, 0.25) is 5.91 Å². The van der Waals surface area contributed by atoms with E-state index < -0.39 is 0 Å². The Morgan fingerprint density at radius 2 is 1.86 bits per heavy atom. The number of rotatable bonds is 5. The van der Waals surface area contributed by atoms with Gasteiger partial charge in [0.25, 0.3) is 5.91 Å². The number of amides is 2. The second kappa shape index (κ2) is 7.40. The van der Waals surface area contributed by atoms with Crippen LogP contribution in [0.1, 0.15) is 36.5 Å². The molecule has 5 nitrogen and oxygen atoms in total. The van der Waals surface area contributed by atoms with Gasteiger partial charge in [-0.05, 0) is 36.8 Å². The average Bonchev–Trinajstić information content (AvgIpc) is 2.60. The Bertz CT molecular complexity index is 502. The van der Waals surface area contributed by atoms with Crippen molar-refractivity contribution in [3.8, 4) is 0 Å². The van der Waals surface area contributed by atoms with Gasteiger partial charge in [0, 0.05) is 25.3 Å². The van der Waals surface area contributed by atoms with E-state index >= 15 is 0 Å². The number of hydrogen-bond acceptors (Lipinski definition) is 3. The van der Waals surface area contributed by atoms with E-state index in [1.165, 1.54) is 0 Å². The van der Waals surface area contributed by atoms with E-state index in [1.54, 1.807) is 29.2 Å². The summed E-state index contributed by atoms with van der Waals surface area (Å²) < 4.78 is 0. The average molecular weight is 304 g/mol. The molecule has 0 spiro atoms. The van der Waals surface area contributed by atoms with Crippen LogP contribution in [0.2, 0.25) is 0 Å². The Morgan fingerprint density at radius 3 is 2.41 bits per heavy atom. The van der Waals surface area contributed by atoms with Crippen molar-refractivity contribution in [1.82, 2.24) is 10.2 Å². The zero-order valence-corrected chi connectivity index (χ0v) is 13.0. The summed E-state index contributed by atoms with van der Waals surface area (Å²) in [4.78, 5) is 25.9. The third kappa shape index (κ3) is 3.85. The standard InChI is InChI=1S/C17H24N2O3/c1-2-17(13-20)8-10-19(11-9-17)15(21)12-18-16(22)14-6-4-3-5-7-14/h3-7,20H,2,8-13H2,1H3,(H,18,22). The van der Waals surface area contributed by atoms with Gasteiger partial charge in [-0.15, -0.1) is 0 Å². The molecule has 1 aromatic rings. The highest BCUT2D eigenvalue weighted by Gasteiger charge is 2.33. The van der Waals surface area contributed by atoms with Crippen LogP contribution in [0.3, 0.4) is 0 Å². The van der Waals surface area contributed by atoms with Crippen molar-refractivity contribution in [2.75, 3.05) is 26.2 Å². The van der Waals surface area contributed by atoms with E-state index in [2.05, 4.69) is 12.2 Å². The van der Waals surface area contributed by atoms with Crippen molar-refractivity contribution in [2.24, 2.45) is 5.41 Å². The first kappa shape index (κ1) is 16.5. The van der Waals surface area contributed by atoms with Crippen molar-refractivity contribution in [3.05, 3.63) is 35.9 Å². The summed E-state index contributed by atoms with van der Waals surface area (Å²) in [6.45, 7) is 3.57. The smallest absolute Gasteiger partial charge is 0.251 e. The van der Waals surface area contributed by atoms with E-state index in [1.807, 2.05) is 6.07 Å². The fourth-order valence-corrected chi connectivity index (χ4v) is 2.81. The van der Waals surface area contributed by atoms with Crippen LogP contribution in [0.15, 0.2) is 30.3 Å². The molecular formula is C17H24N2O3. The first-order valence-electron chi connectivity index (χ1n) is 7.82. The predicted octanol–water partition coefficient (Wildman–Crippen LogP) is 1.43. The Hall–Kier alpha value is -1.88. The quantitative estimate of drug-likeness (QED) is 0.864. The highest BCUT2D eigenvalue weighted by atomic mass is 16.3. The molecule has 0 bridgehead atoms. The van der Waals surface area contributed by atoms with Gasteiger partial charge in [-0.1, -0.05) is 25.1 Å². The Balaban J connectivity index is 1.80. The zero-order valence-electron chi connectivity index (χ0n) is 13.0. The summed E-state index contributed by atoms with van der Waals surface area (Å²) in [7, 11) is 0. The lowest BCUT2D eigenvalue weighted by Crippen LogP contribution is -2.47. The summed E-state index contributed by atoms with van der Waals surface area (Å²) in [5.74, 6) is -0.295. The summed E-state index contributed by atoms with van der Waals surface area (Å²) in [6, 6.07) is 8.87. The molecule has 1 saturated heterocycles. The fourth-order valence-electron chi connectivity index (χ4n) is 2.81. The van der Waals surface area contributed by atoms with Crippen LogP contribution in [0.5, 0.6) is 0 Å². The van der Waals surface area contributed by atoms with Gasteiger partial charge < -0.3 is 15.3 Å². The molecule has 0 unspecified atom stereocenters. The largest absolute Gasteiger partial charge is 0.396 e. The minimum absolute atomic E-state index is 0.0198. The highest BCUT2D eigenvalue weighted by Crippen LogP contribution is 2.34. The normalized spacial score (nSPS) is 17.1. The minimum Gasteiger partial charge on any atom is -0.396 e. The van der Waals surface area contributed by atoms with Gasteiger partial charge >= 0.3 is 0 Å². The molecule has 120 valence electrons. The summed E-state index contributed by atoms with van der Waals surface area (Å²) in [5, 5.41) is 12.2. The number of aliphatic hydroxyl groups is 1. The van der Waals surface area contributed by atoms with E-state index in [0.717, 1.165) is 19.3 Å². The third-order valence-corrected chi connectivity index (χ3v) is 4.70. The molecule has 2 rings (SSSR count). The molecule has 0 atom stereocenters. The molecule has 0 radical (unpaired) electrons. The molecule has 1 fully saturated rings. The monoisotopic (exact) mass is 304 g/mol. The van der Waals surface area contributed by atoms with Gasteiger partial charge in [0.1, 0.15) is 0 Å². The molecule has 1 aliphatic heterocycles. The SMILES string of the molecule is CCC1(CO)CCN(C(=O)CNC(=O)c2ccccc2)CC1. The van der Waals surface area contributed by atoms with Crippen molar-refractivity contribution >= 4 is 11.8 Å². The summed E-state index contributed by atoms with van der Waals surface area (Å²) >= 11 is 0. The fraction of sp³-hybridized carbons (Fsp3) is 0.529. The topological polar surface area (TPSA) is 69.6 Å². The van der Waals surface area contributed by atoms with Crippen LogP contribution < -0.4 is 5.32 Å². The van der Waals surface area contributed by atoms with Crippen LogP contribution >= 0.6 is 0 Å². The second-order valence-electron chi connectivity index (χ2n) is 5.94. The van der Waals surface area contributed by atoms with E-state index in [-0.39, 0.29) is 30.4 Å². The van der Waals surface area contributed by atoms with Gasteiger partial charge in [0.05, 0.1) is 6.54 Å². The number of nitrogens with zero attached hydrogens (tertiary/aromatic N) is 1. The van der Waals surface area contributed by atoms with Gasteiger partial charge in [-0.3, -0.25) is 9.59 Å². The van der Waals surface area contributed by atoms with Crippen LogP contribution in [0, 0.1) is 5.41 Å². The maximum atomic E-state index is 12.2. The maximum absolute atomic E-state index is 12.2. The Labute approximate surface area is 131 Å². The molecule has 0 aliphatic carbocycles. The van der Waals surface area contributed by atoms with E-state index in [4.69, 9.17) is 0 Å². The van der Waals surface area contributed by atoms with Crippen LogP contribution in [0.4, 0.5) is 0 Å². The molecule has 2 amide bonds. The van der Waals surface area contributed by atoms with E-state index in [0.29, 0.717) is 18.7 Å². The summed E-state index contributed by atoms with van der Waals surface area (Å²) in [5.41, 5.74) is 0.517. The van der Waals surface area contributed by atoms with Crippen molar-refractivity contribution < 1.29 is 14.7 Å². The second-order valence-corrected chi connectivity index (χ2v) is 5.94. The van der Waals surface area contributed by atoms with Crippen LogP contribution in [-0.2, 0) is 4.79 Å². The van der Waals surface area contributed by atoms with Crippen LogP contribution in [0.25, 0.3) is 0 Å². The van der Waals surface area contributed by atoms with Gasteiger partial charge in [0.15, 0.2) is 0 Å². The predicted molar refractivity (Wildman–Crippen MR) is 84.4 cm³/mol. The molecule has 1 heterocycles. The molecule has 0 saturated carbocycles. The van der Waals surface area contributed by atoms with Crippen molar-refractivity contribution in [2.45, 2.75) is 26.2 Å². The zero-order chi connectivity index (χ0) is 16.0. The number of carbonyl (C=O) groups is 2. The molecular weight excluding hydrogens is 280 g/mol. The maximum Gasteiger partial charge on any atom is 0.251 e. The number of nitrogens with one attached hydrogen (secondary N) is 1. The van der Waals surface area contributed by atoms with Crippen molar-refractivity contribution in [1.29, 1.82) is 0 Å². The third-order valence-electron chi connectivity index (χ3n) is 4.70.